The van der Waals surface area contributed by atoms with Crippen molar-refractivity contribution in [2.24, 2.45) is 11.8 Å². The second-order valence-electron chi connectivity index (χ2n) is 6.50. The molecule has 0 aromatic heterocycles. The van der Waals surface area contributed by atoms with Crippen molar-refractivity contribution in [3.63, 3.8) is 0 Å². The van der Waals surface area contributed by atoms with E-state index in [9.17, 15) is 9.59 Å². The molecule has 3 rings (SSSR count). The van der Waals surface area contributed by atoms with Crippen LogP contribution < -0.4 is 5.32 Å². The van der Waals surface area contributed by atoms with Crippen molar-refractivity contribution >= 4 is 11.8 Å². The molecule has 1 N–H and O–H groups in total. The number of nitrogens with zero attached hydrogens (tertiary/aromatic N) is 1. The van der Waals surface area contributed by atoms with Crippen molar-refractivity contribution in [2.45, 2.75) is 44.8 Å². The topological polar surface area (TPSA) is 67.9 Å². The Morgan fingerprint density at radius 2 is 1.73 bits per heavy atom. The van der Waals surface area contributed by atoms with Gasteiger partial charge in [-0.3, -0.25) is 9.59 Å². The molecule has 124 valence electrons. The van der Waals surface area contributed by atoms with E-state index in [4.69, 9.17) is 9.47 Å². The summed E-state index contributed by atoms with van der Waals surface area (Å²) < 4.78 is 11.1. The normalized spacial score (nSPS) is 23.7. The third-order valence-electron chi connectivity index (χ3n) is 4.74. The fraction of sp³-hybridized carbons (Fsp3) is 0.875. The summed E-state index contributed by atoms with van der Waals surface area (Å²) in [6.45, 7) is 3.58. The lowest BCUT2D eigenvalue weighted by molar-refractivity contribution is -0.137. The van der Waals surface area contributed by atoms with Crippen LogP contribution in [0.5, 0.6) is 0 Å². The zero-order chi connectivity index (χ0) is 15.4. The first-order valence-corrected chi connectivity index (χ1v) is 8.53. The number of piperidine rings is 1. The van der Waals surface area contributed by atoms with Gasteiger partial charge in [-0.05, 0) is 32.1 Å². The van der Waals surface area contributed by atoms with Gasteiger partial charge in [-0.1, -0.05) is 0 Å². The van der Waals surface area contributed by atoms with Crippen LogP contribution in [0, 0.1) is 11.8 Å². The molecule has 2 aliphatic heterocycles. The Balaban J connectivity index is 1.29. The third-order valence-corrected chi connectivity index (χ3v) is 4.74. The molecule has 1 saturated carbocycles. The van der Waals surface area contributed by atoms with E-state index in [0.29, 0.717) is 32.1 Å². The van der Waals surface area contributed by atoms with Crippen LogP contribution in [0.1, 0.15) is 38.5 Å². The molecule has 1 aliphatic carbocycles. The van der Waals surface area contributed by atoms with Gasteiger partial charge in [0.25, 0.3) is 0 Å². The van der Waals surface area contributed by atoms with E-state index in [1.165, 1.54) is 0 Å². The molecule has 3 aliphatic rings. The van der Waals surface area contributed by atoms with Crippen LogP contribution >= 0.6 is 0 Å². The second-order valence-corrected chi connectivity index (χ2v) is 6.50. The van der Waals surface area contributed by atoms with Crippen LogP contribution in [0.15, 0.2) is 0 Å². The Morgan fingerprint density at radius 1 is 1.05 bits per heavy atom. The van der Waals surface area contributed by atoms with E-state index < -0.39 is 0 Å². The fourth-order valence-electron chi connectivity index (χ4n) is 3.17. The van der Waals surface area contributed by atoms with Crippen LogP contribution in [0.2, 0.25) is 0 Å². The minimum absolute atomic E-state index is 0.0603. The molecule has 2 saturated heterocycles. The quantitative estimate of drug-likeness (QED) is 0.740. The molecule has 0 aromatic carbocycles. The van der Waals surface area contributed by atoms with Gasteiger partial charge in [-0.2, -0.15) is 0 Å². The van der Waals surface area contributed by atoms with E-state index in [1.54, 1.807) is 0 Å². The van der Waals surface area contributed by atoms with Crippen LogP contribution in [-0.4, -0.2) is 55.9 Å². The molecule has 0 atom stereocenters. The van der Waals surface area contributed by atoms with Gasteiger partial charge in [0.1, 0.15) is 0 Å². The number of carbonyl (C=O) groups is 2. The maximum absolute atomic E-state index is 12.2. The molecule has 2 heterocycles. The molecule has 2 amide bonds. The average molecular weight is 310 g/mol. The summed E-state index contributed by atoms with van der Waals surface area (Å²) in [6.07, 6.45) is 5.14. The highest BCUT2D eigenvalue weighted by atomic mass is 16.7. The molecular formula is C16H26N2O4. The van der Waals surface area contributed by atoms with E-state index in [0.717, 1.165) is 45.2 Å². The second kappa shape index (κ2) is 7.42. The SMILES string of the molecule is O=C(NCCCC(=O)N1CCC(C2OCCO2)CC1)C1CC1. The minimum Gasteiger partial charge on any atom is -0.356 e. The molecule has 0 aromatic rings. The summed E-state index contributed by atoms with van der Waals surface area (Å²) in [5.74, 6) is 1.02. The molecule has 6 heteroatoms. The maximum Gasteiger partial charge on any atom is 0.223 e. The summed E-state index contributed by atoms with van der Waals surface area (Å²) in [4.78, 5) is 25.6. The van der Waals surface area contributed by atoms with Crippen LogP contribution in [0.25, 0.3) is 0 Å². The van der Waals surface area contributed by atoms with Crippen molar-refractivity contribution in [3.8, 4) is 0 Å². The van der Waals surface area contributed by atoms with Gasteiger partial charge >= 0.3 is 0 Å². The predicted molar refractivity (Wildman–Crippen MR) is 80.0 cm³/mol. The van der Waals surface area contributed by atoms with Crippen LogP contribution in [0.4, 0.5) is 0 Å². The summed E-state index contributed by atoms with van der Waals surface area (Å²) in [6, 6.07) is 0. The van der Waals surface area contributed by atoms with E-state index in [-0.39, 0.29) is 24.0 Å². The van der Waals surface area contributed by atoms with E-state index >= 15 is 0 Å². The number of likely N-dealkylation sites (tertiary alicyclic amines) is 1. The average Bonchev–Trinajstić information content (AvgIpc) is 3.26. The number of ether oxygens (including phenoxy) is 2. The van der Waals surface area contributed by atoms with Crippen molar-refractivity contribution in [1.82, 2.24) is 10.2 Å². The standard InChI is InChI=1S/C16H26N2O4/c19-14(2-1-7-17-15(20)12-3-4-12)18-8-5-13(6-9-18)16-21-10-11-22-16/h12-13,16H,1-11H2,(H,17,20). The molecule has 0 unspecified atom stereocenters. The van der Waals surface area contributed by atoms with Gasteiger partial charge in [0.05, 0.1) is 13.2 Å². The minimum atomic E-state index is -0.0603. The van der Waals surface area contributed by atoms with Crippen molar-refractivity contribution in [2.75, 3.05) is 32.8 Å². The Labute approximate surface area is 131 Å². The number of hydrogen-bond acceptors (Lipinski definition) is 4. The summed E-state index contributed by atoms with van der Waals surface area (Å²) in [5, 5.41) is 2.90. The molecular weight excluding hydrogens is 284 g/mol. The van der Waals surface area contributed by atoms with Crippen molar-refractivity contribution in [3.05, 3.63) is 0 Å². The molecule has 0 spiro atoms. The lowest BCUT2D eigenvalue weighted by Crippen LogP contribution is -2.41. The fourth-order valence-corrected chi connectivity index (χ4v) is 3.17. The van der Waals surface area contributed by atoms with E-state index in [2.05, 4.69) is 5.32 Å². The summed E-state index contributed by atoms with van der Waals surface area (Å²) in [7, 11) is 0. The van der Waals surface area contributed by atoms with Gasteiger partial charge in [-0.15, -0.1) is 0 Å². The number of rotatable bonds is 6. The number of amides is 2. The highest BCUT2D eigenvalue weighted by Crippen LogP contribution is 2.28. The van der Waals surface area contributed by atoms with Gasteiger partial charge < -0.3 is 19.7 Å². The molecule has 6 nitrogen and oxygen atoms in total. The van der Waals surface area contributed by atoms with Crippen LogP contribution in [-0.2, 0) is 19.1 Å². The van der Waals surface area contributed by atoms with Gasteiger partial charge in [-0.25, -0.2) is 0 Å². The Morgan fingerprint density at radius 3 is 2.36 bits per heavy atom. The van der Waals surface area contributed by atoms with Crippen molar-refractivity contribution in [1.29, 1.82) is 0 Å². The number of carbonyl (C=O) groups excluding carboxylic acids is 2. The molecule has 3 fully saturated rings. The lowest BCUT2D eigenvalue weighted by Gasteiger charge is -2.34. The highest BCUT2D eigenvalue weighted by Gasteiger charge is 2.32. The zero-order valence-corrected chi connectivity index (χ0v) is 13.1. The highest BCUT2D eigenvalue weighted by molar-refractivity contribution is 5.81. The van der Waals surface area contributed by atoms with Crippen molar-refractivity contribution < 1.29 is 19.1 Å². The summed E-state index contributed by atoms with van der Waals surface area (Å²) >= 11 is 0. The Kier molecular flexibility index (Phi) is 5.31. The van der Waals surface area contributed by atoms with Gasteiger partial charge in [0.15, 0.2) is 6.29 Å². The molecule has 0 radical (unpaired) electrons. The molecule has 22 heavy (non-hydrogen) atoms. The third kappa shape index (κ3) is 4.20. The zero-order valence-electron chi connectivity index (χ0n) is 13.1. The molecule has 0 bridgehead atoms. The Bertz CT molecular complexity index is 397. The number of nitrogens with one attached hydrogen (secondary N) is 1. The van der Waals surface area contributed by atoms with Crippen LogP contribution in [0.3, 0.4) is 0 Å². The van der Waals surface area contributed by atoms with E-state index in [1.807, 2.05) is 4.90 Å². The first-order chi connectivity index (χ1) is 10.7. The predicted octanol–water partition coefficient (Wildman–Crippen LogP) is 0.904. The van der Waals surface area contributed by atoms with Gasteiger partial charge in [0.2, 0.25) is 11.8 Å². The monoisotopic (exact) mass is 310 g/mol. The maximum atomic E-state index is 12.2. The number of hydrogen-bond donors (Lipinski definition) is 1. The largest absolute Gasteiger partial charge is 0.356 e. The Hall–Kier alpha value is -1.14. The smallest absolute Gasteiger partial charge is 0.223 e. The lowest BCUT2D eigenvalue weighted by atomic mass is 9.96. The first-order valence-electron chi connectivity index (χ1n) is 8.53. The first kappa shape index (κ1) is 15.7. The van der Waals surface area contributed by atoms with Gasteiger partial charge in [0, 0.05) is 37.9 Å². The summed E-state index contributed by atoms with van der Waals surface area (Å²) in [5.41, 5.74) is 0.